The number of carbonyl (C=O) groups excluding carboxylic acids is 3. The summed E-state index contributed by atoms with van der Waals surface area (Å²) in [5.41, 5.74) is 1.00. The van der Waals surface area contributed by atoms with Crippen molar-refractivity contribution in [2.45, 2.75) is 57.6 Å². The van der Waals surface area contributed by atoms with Gasteiger partial charge in [-0.3, -0.25) is 14.4 Å². The maximum absolute atomic E-state index is 12.6. The second-order valence-corrected chi connectivity index (χ2v) is 7.79. The molecule has 0 bridgehead atoms. The molecule has 176 valence electrons. The van der Waals surface area contributed by atoms with E-state index in [1.54, 1.807) is 19.1 Å². The van der Waals surface area contributed by atoms with Gasteiger partial charge in [-0.25, -0.2) is 0 Å². The van der Waals surface area contributed by atoms with Crippen molar-refractivity contribution in [3.8, 4) is 0 Å². The van der Waals surface area contributed by atoms with Gasteiger partial charge < -0.3 is 20.5 Å². The molecule has 0 aliphatic rings. The average molecular weight is 445 g/mol. The van der Waals surface area contributed by atoms with E-state index in [1.165, 1.54) is 0 Å². The highest BCUT2D eigenvalue weighted by molar-refractivity contribution is 5.86. The van der Waals surface area contributed by atoms with Crippen LogP contribution in [0.5, 0.6) is 0 Å². The van der Waals surface area contributed by atoms with Crippen LogP contribution in [0.15, 0.2) is 55.6 Å². The van der Waals surface area contributed by atoms with Gasteiger partial charge in [0.25, 0.3) is 0 Å². The number of esters is 1. The van der Waals surface area contributed by atoms with Gasteiger partial charge in [0, 0.05) is 12.8 Å². The maximum atomic E-state index is 12.6. The zero-order chi connectivity index (χ0) is 23.8. The number of hydrogen-bond donors (Lipinski definition) is 3. The molecule has 0 aliphatic heterocycles. The molecule has 32 heavy (non-hydrogen) atoms. The fraction of sp³-hybridized carbons (Fsp3) is 0.480. The molecule has 3 N–H and O–H groups in total. The van der Waals surface area contributed by atoms with Gasteiger partial charge in [0.05, 0.1) is 25.1 Å². The minimum Gasteiger partial charge on any atom is -0.461 e. The number of carbonyl (C=O) groups is 3. The van der Waals surface area contributed by atoms with E-state index in [9.17, 15) is 19.5 Å². The van der Waals surface area contributed by atoms with Crippen molar-refractivity contribution < 1.29 is 24.2 Å². The van der Waals surface area contributed by atoms with Crippen molar-refractivity contribution in [3.05, 3.63) is 61.2 Å². The molecule has 3 atom stereocenters. The predicted octanol–water partition coefficient (Wildman–Crippen LogP) is 2.69. The lowest BCUT2D eigenvalue weighted by Crippen LogP contribution is -2.42. The van der Waals surface area contributed by atoms with E-state index in [0.29, 0.717) is 25.7 Å². The summed E-state index contributed by atoms with van der Waals surface area (Å²) in [6.45, 7) is 8.94. The molecule has 1 rings (SSSR count). The number of allylic oxidation sites excluding steroid dienone is 2. The highest BCUT2D eigenvalue weighted by Crippen LogP contribution is 2.11. The van der Waals surface area contributed by atoms with Gasteiger partial charge in [-0.15, -0.1) is 13.2 Å². The van der Waals surface area contributed by atoms with E-state index in [0.717, 1.165) is 12.0 Å². The summed E-state index contributed by atoms with van der Waals surface area (Å²) in [5.74, 6) is -1.54. The molecule has 0 heterocycles. The van der Waals surface area contributed by atoms with Gasteiger partial charge in [0.15, 0.2) is 0 Å². The van der Waals surface area contributed by atoms with Crippen LogP contribution in [0.4, 0.5) is 0 Å². The summed E-state index contributed by atoms with van der Waals surface area (Å²) in [6, 6.07) is 9.12. The molecule has 7 heteroatoms. The van der Waals surface area contributed by atoms with Crippen LogP contribution in [0.2, 0.25) is 0 Å². The first-order chi connectivity index (χ1) is 15.4. The first kappa shape index (κ1) is 27.1. The molecule has 0 aliphatic carbocycles. The minimum absolute atomic E-state index is 0.0289. The van der Waals surface area contributed by atoms with Gasteiger partial charge >= 0.3 is 5.97 Å². The molecule has 0 radical (unpaired) electrons. The minimum atomic E-state index is -0.598. The van der Waals surface area contributed by atoms with Crippen LogP contribution in [0.3, 0.4) is 0 Å². The van der Waals surface area contributed by atoms with Crippen LogP contribution in [0.25, 0.3) is 0 Å². The molecule has 0 saturated heterocycles. The monoisotopic (exact) mass is 444 g/mol. The van der Waals surface area contributed by atoms with E-state index in [1.807, 2.05) is 30.3 Å². The summed E-state index contributed by atoms with van der Waals surface area (Å²) >= 11 is 0. The Kier molecular flexibility index (Phi) is 13.4. The van der Waals surface area contributed by atoms with E-state index in [2.05, 4.69) is 23.8 Å². The Morgan fingerprint density at radius 1 is 1.16 bits per heavy atom. The molecular weight excluding hydrogens is 408 g/mol. The van der Waals surface area contributed by atoms with Crippen LogP contribution in [-0.2, 0) is 25.5 Å². The first-order valence-corrected chi connectivity index (χ1v) is 11.0. The summed E-state index contributed by atoms with van der Waals surface area (Å²) in [5, 5.41) is 15.1. The van der Waals surface area contributed by atoms with Crippen molar-refractivity contribution in [1.29, 1.82) is 0 Å². The van der Waals surface area contributed by atoms with Gasteiger partial charge in [-0.1, -0.05) is 42.5 Å². The number of unbranched alkanes of at least 4 members (excludes halogenated alkanes) is 1. The molecular formula is C25H36N2O5. The molecule has 0 saturated carbocycles. The number of aliphatic hydroxyl groups excluding tert-OH is 1. The molecule has 0 unspecified atom stereocenters. The summed E-state index contributed by atoms with van der Waals surface area (Å²) in [7, 11) is 0. The topological polar surface area (TPSA) is 105 Å². The van der Waals surface area contributed by atoms with Crippen LogP contribution in [0.1, 0.15) is 44.6 Å². The Bertz CT molecular complexity index is 735. The van der Waals surface area contributed by atoms with Crippen molar-refractivity contribution in [2.24, 2.45) is 5.92 Å². The Balaban J connectivity index is 2.49. The van der Waals surface area contributed by atoms with Crippen molar-refractivity contribution >= 4 is 17.8 Å². The predicted molar refractivity (Wildman–Crippen MR) is 125 cm³/mol. The zero-order valence-corrected chi connectivity index (χ0v) is 18.9. The van der Waals surface area contributed by atoms with Crippen molar-refractivity contribution in [1.82, 2.24) is 10.6 Å². The summed E-state index contributed by atoms with van der Waals surface area (Å²) in [4.78, 5) is 36.8. The number of nitrogens with one attached hydrogen (secondary N) is 2. The van der Waals surface area contributed by atoms with E-state index in [4.69, 9.17) is 4.74 Å². The lowest BCUT2D eigenvalue weighted by atomic mass is 9.99. The van der Waals surface area contributed by atoms with Gasteiger partial charge in [0.1, 0.15) is 6.10 Å². The number of rotatable bonds is 16. The quantitative estimate of drug-likeness (QED) is 0.207. The first-order valence-electron chi connectivity index (χ1n) is 11.0. The third-order valence-electron chi connectivity index (χ3n) is 4.85. The average Bonchev–Trinajstić information content (AvgIpc) is 2.77. The smallest absolute Gasteiger partial charge is 0.306 e. The molecule has 1 aromatic carbocycles. The standard InChI is InChI=1S/C25H36N2O5/c1-4-6-8-14-24(30)32-19(3)17-26-25(31)21(11-5-2)16-23(29)27-22(18-28)15-20-12-9-7-10-13-20/h4-5,7,9-10,12-13,19,21-22,28H,1-2,6,8,11,14-18H2,3H3,(H,26,31)(H,27,29)/t19-,21+,22-/m0/s1. The summed E-state index contributed by atoms with van der Waals surface area (Å²) < 4.78 is 5.28. The Hall–Kier alpha value is -2.93. The number of aliphatic hydroxyl groups is 1. The van der Waals surface area contributed by atoms with Crippen LogP contribution in [-0.4, -0.2) is 48.2 Å². The lowest BCUT2D eigenvalue weighted by Gasteiger charge is -2.20. The van der Waals surface area contributed by atoms with E-state index in [-0.39, 0.29) is 37.4 Å². The molecule has 1 aromatic rings. The lowest BCUT2D eigenvalue weighted by molar-refractivity contribution is -0.148. The maximum Gasteiger partial charge on any atom is 0.306 e. The highest BCUT2D eigenvalue weighted by atomic mass is 16.5. The van der Waals surface area contributed by atoms with E-state index < -0.39 is 18.1 Å². The Morgan fingerprint density at radius 3 is 2.50 bits per heavy atom. The summed E-state index contributed by atoms with van der Waals surface area (Å²) in [6.07, 6.45) is 5.39. The van der Waals surface area contributed by atoms with Crippen LogP contribution >= 0.6 is 0 Å². The van der Waals surface area contributed by atoms with E-state index >= 15 is 0 Å². The molecule has 2 amide bonds. The largest absolute Gasteiger partial charge is 0.461 e. The third-order valence-corrected chi connectivity index (χ3v) is 4.85. The second-order valence-electron chi connectivity index (χ2n) is 7.79. The van der Waals surface area contributed by atoms with Crippen molar-refractivity contribution in [3.63, 3.8) is 0 Å². The van der Waals surface area contributed by atoms with Crippen LogP contribution in [0, 0.1) is 5.92 Å². The van der Waals surface area contributed by atoms with Gasteiger partial charge in [-0.2, -0.15) is 0 Å². The highest BCUT2D eigenvalue weighted by Gasteiger charge is 2.23. The number of benzene rings is 1. The fourth-order valence-electron chi connectivity index (χ4n) is 3.16. The number of hydrogen-bond acceptors (Lipinski definition) is 5. The SMILES string of the molecule is C=CCCCC(=O)O[C@@H](C)CNC(=O)[C@H](CC=C)CC(=O)N[C@H](CO)Cc1ccccc1. The zero-order valence-electron chi connectivity index (χ0n) is 18.9. The molecule has 7 nitrogen and oxygen atoms in total. The number of amides is 2. The normalized spacial score (nSPS) is 13.3. The van der Waals surface area contributed by atoms with Gasteiger partial charge in [-0.05, 0) is 38.2 Å². The van der Waals surface area contributed by atoms with Crippen molar-refractivity contribution in [2.75, 3.05) is 13.2 Å². The fourth-order valence-corrected chi connectivity index (χ4v) is 3.16. The molecule has 0 aromatic heterocycles. The Morgan fingerprint density at radius 2 is 1.88 bits per heavy atom. The number of ether oxygens (including phenoxy) is 1. The Labute approximate surface area is 190 Å². The van der Waals surface area contributed by atoms with Crippen LogP contribution < -0.4 is 10.6 Å². The second kappa shape index (κ2) is 15.8. The molecule has 0 fully saturated rings. The van der Waals surface area contributed by atoms with Gasteiger partial charge in [0.2, 0.25) is 11.8 Å². The molecule has 0 spiro atoms. The third kappa shape index (κ3) is 11.5.